The van der Waals surface area contributed by atoms with Gasteiger partial charge in [-0.05, 0) is 20.8 Å². The Morgan fingerprint density at radius 2 is 2.19 bits per heavy atom. The van der Waals surface area contributed by atoms with Gasteiger partial charge in [0, 0.05) is 13.2 Å². The minimum atomic E-state index is -0.608. The van der Waals surface area contributed by atoms with E-state index in [2.05, 4.69) is 10.4 Å². The molecule has 1 aromatic heterocycles. The molecule has 1 N–H and O–H groups in total. The van der Waals surface area contributed by atoms with E-state index in [1.165, 1.54) is 10.9 Å². The van der Waals surface area contributed by atoms with Crippen LogP contribution in [0.5, 0.6) is 0 Å². The number of hydrogen-bond acceptors (Lipinski definition) is 4. The van der Waals surface area contributed by atoms with Crippen LogP contribution >= 0.6 is 0 Å². The Labute approximate surface area is 93.6 Å². The van der Waals surface area contributed by atoms with E-state index in [-0.39, 0.29) is 5.69 Å². The highest BCUT2D eigenvalue weighted by Gasteiger charge is 2.18. The number of ether oxygens (including phenoxy) is 1. The van der Waals surface area contributed by atoms with E-state index in [0.717, 1.165) is 0 Å². The lowest BCUT2D eigenvalue weighted by atomic mass is 10.2. The van der Waals surface area contributed by atoms with Crippen molar-refractivity contribution in [1.82, 2.24) is 9.78 Å². The smallest absolute Gasteiger partial charge is 0.412 e. The fourth-order valence-corrected chi connectivity index (χ4v) is 1.10. The van der Waals surface area contributed by atoms with E-state index in [0.29, 0.717) is 12.0 Å². The lowest BCUT2D eigenvalue weighted by Crippen LogP contribution is -2.27. The predicted octanol–water partition coefficient (Wildman–Crippen LogP) is 1.58. The summed E-state index contributed by atoms with van der Waals surface area (Å²) in [6.07, 6.45) is 1.50. The van der Waals surface area contributed by atoms with Gasteiger partial charge in [-0.1, -0.05) is 0 Å². The van der Waals surface area contributed by atoms with Gasteiger partial charge in [0.25, 0.3) is 0 Å². The summed E-state index contributed by atoms with van der Waals surface area (Å²) in [7, 11) is 1.66. The first-order chi connectivity index (χ1) is 7.31. The molecule has 6 heteroatoms. The van der Waals surface area contributed by atoms with E-state index in [1.54, 1.807) is 27.8 Å². The van der Waals surface area contributed by atoms with Gasteiger partial charge in [-0.3, -0.25) is 14.8 Å². The van der Waals surface area contributed by atoms with Crippen molar-refractivity contribution in [1.29, 1.82) is 0 Å². The third kappa shape index (κ3) is 3.38. The molecule has 0 aromatic carbocycles. The van der Waals surface area contributed by atoms with Gasteiger partial charge in [-0.25, -0.2) is 4.79 Å². The van der Waals surface area contributed by atoms with Crippen molar-refractivity contribution in [3.8, 4) is 0 Å². The molecule has 0 spiro atoms. The first-order valence-electron chi connectivity index (χ1n) is 4.80. The molecular formula is C10H15N3O3. The minimum absolute atomic E-state index is 0.174. The van der Waals surface area contributed by atoms with Crippen LogP contribution in [-0.2, 0) is 11.8 Å². The average molecular weight is 225 g/mol. The van der Waals surface area contributed by atoms with Crippen molar-refractivity contribution < 1.29 is 14.3 Å². The van der Waals surface area contributed by atoms with Gasteiger partial charge in [-0.2, -0.15) is 5.10 Å². The molecule has 0 aliphatic heterocycles. The summed E-state index contributed by atoms with van der Waals surface area (Å²) in [5.74, 6) is 0. The molecular weight excluding hydrogens is 210 g/mol. The standard InChI is InChI=1S/C10H15N3O3/c1-10(2,3)16-9(15)11-7-5-13(4)12-8(7)6-14/h5-6H,1-4H3,(H,11,15). The normalized spacial score (nSPS) is 11.0. The van der Waals surface area contributed by atoms with E-state index in [4.69, 9.17) is 4.74 Å². The number of aromatic nitrogens is 2. The number of aryl methyl sites for hydroxylation is 1. The van der Waals surface area contributed by atoms with Gasteiger partial charge >= 0.3 is 6.09 Å². The van der Waals surface area contributed by atoms with E-state index in [9.17, 15) is 9.59 Å². The number of amides is 1. The van der Waals surface area contributed by atoms with Crippen LogP contribution in [-0.4, -0.2) is 27.8 Å². The van der Waals surface area contributed by atoms with E-state index in [1.807, 2.05) is 0 Å². The second-order valence-corrected chi connectivity index (χ2v) is 4.35. The molecule has 16 heavy (non-hydrogen) atoms. The van der Waals surface area contributed by atoms with Gasteiger partial charge in [0.05, 0.1) is 5.69 Å². The molecule has 1 amide bonds. The second kappa shape index (κ2) is 4.34. The summed E-state index contributed by atoms with van der Waals surface area (Å²) in [5, 5.41) is 6.32. The number of anilines is 1. The van der Waals surface area contributed by atoms with Crippen molar-refractivity contribution in [2.45, 2.75) is 26.4 Å². The quantitative estimate of drug-likeness (QED) is 0.775. The summed E-state index contributed by atoms with van der Waals surface area (Å²) in [5.41, 5.74) is -0.0618. The van der Waals surface area contributed by atoms with Crippen LogP contribution in [0.1, 0.15) is 31.3 Å². The monoisotopic (exact) mass is 225 g/mol. The average Bonchev–Trinajstić information content (AvgIpc) is 2.42. The molecule has 88 valence electrons. The van der Waals surface area contributed by atoms with Crippen molar-refractivity contribution in [2.75, 3.05) is 5.32 Å². The van der Waals surface area contributed by atoms with Gasteiger partial charge < -0.3 is 4.74 Å². The van der Waals surface area contributed by atoms with Crippen LogP contribution < -0.4 is 5.32 Å². The molecule has 1 aromatic rings. The Bertz CT molecular complexity index is 404. The molecule has 0 bridgehead atoms. The molecule has 0 saturated heterocycles. The molecule has 6 nitrogen and oxygen atoms in total. The van der Waals surface area contributed by atoms with Crippen LogP contribution in [0.15, 0.2) is 6.20 Å². The third-order valence-corrected chi connectivity index (χ3v) is 1.60. The molecule has 0 aliphatic rings. The SMILES string of the molecule is Cn1cc(NC(=O)OC(C)(C)C)c(C=O)n1. The maximum Gasteiger partial charge on any atom is 0.412 e. The lowest BCUT2D eigenvalue weighted by Gasteiger charge is -2.19. The molecule has 0 unspecified atom stereocenters. The molecule has 0 atom stereocenters. The maximum absolute atomic E-state index is 11.4. The fourth-order valence-electron chi connectivity index (χ4n) is 1.10. The number of nitrogens with zero attached hydrogens (tertiary/aromatic N) is 2. The number of nitrogens with one attached hydrogen (secondary N) is 1. The molecule has 1 heterocycles. The van der Waals surface area contributed by atoms with Crippen LogP contribution in [0, 0.1) is 0 Å². The molecule has 0 fully saturated rings. The first kappa shape index (κ1) is 12.2. The Balaban J connectivity index is 2.73. The first-order valence-corrected chi connectivity index (χ1v) is 4.80. The van der Waals surface area contributed by atoms with Crippen LogP contribution in [0.4, 0.5) is 10.5 Å². The number of rotatable bonds is 2. The molecule has 0 radical (unpaired) electrons. The zero-order chi connectivity index (χ0) is 12.3. The van der Waals surface area contributed by atoms with Crippen molar-refractivity contribution >= 4 is 18.1 Å². The highest BCUT2D eigenvalue weighted by atomic mass is 16.6. The topological polar surface area (TPSA) is 73.2 Å². The summed E-state index contributed by atoms with van der Waals surface area (Å²) >= 11 is 0. The van der Waals surface area contributed by atoms with Crippen LogP contribution in [0.3, 0.4) is 0 Å². The van der Waals surface area contributed by atoms with Crippen LogP contribution in [0.2, 0.25) is 0 Å². The summed E-state index contributed by atoms with van der Waals surface area (Å²) < 4.78 is 6.49. The van der Waals surface area contributed by atoms with E-state index >= 15 is 0 Å². The lowest BCUT2D eigenvalue weighted by molar-refractivity contribution is 0.0636. The minimum Gasteiger partial charge on any atom is -0.444 e. The Morgan fingerprint density at radius 3 is 2.69 bits per heavy atom. The van der Waals surface area contributed by atoms with Gasteiger partial charge in [0.15, 0.2) is 6.29 Å². The number of hydrogen-bond donors (Lipinski definition) is 1. The largest absolute Gasteiger partial charge is 0.444 e. The van der Waals surface area contributed by atoms with E-state index < -0.39 is 11.7 Å². The van der Waals surface area contributed by atoms with Gasteiger partial charge in [0.2, 0.25) is 0 Å². The zero-order valence-corrected chi connectivity index (χ0v) is 9.77. The number of carbonyl (C=O) groups excluding carboxylic acids is 2. The summed E-state index contributed by atoms with van der Waals surface area (Å²) in [4.78, 5) is 22.1. The predicted molar refractivity (Wildman–Crippen MR) is 58.5 cm³/mol. The summed E-state index contributed by atoms with van der Waals surface area (Å²) in [6, 6.07) is 0. The van der Waals surface area contributed by atoms with Gasteiger partial charge in [0.1, 0.15) is 11.3 Å². The van der Waals surface area contributed by atoms with Crippen molar-refractivity contribution in [3.05, 3.63) is 11.9 Å². The number of aldehydes is 1. The van der Waals surface area contributed by atoms with Crippen LogP contribution in [0.25, 0.3) is 0 Å². The molecule has 0 saturated carbocycles. The Hall–Kier alpha value is -1.85. The maximum atomic E-state index is 11.4. The van der Waals surface area contributed by atoms with Gasteiger partial charge in [-0.15, -0.1) is 0 Å². The van der Waals surface area contributed by atoms with Crippen molar-refractivity contribution in [3.63, 3.8) is 0 Å². The number of carbonyl (C=O) groups is 2. The van der Waals surface area contributed by atoms with Crippen molar-refractivity contribution in [2.24, 2.45) is 7.05 Å². The zero-order valence-electron chi connectivity index (χ0n) is 9.77. The third-order valence-electron chi connectivity index (χ3n) is 1.60. The summed E-state index contributed by atoms with van der Waals surface area (Å²) in [6.45, 7) is 5.28. The molecule has 0 aliphatic carbocycles. The molecule has 1 rings (SSSR count). The highest BCUT2D eigenvalue weighted by Crippen LogP contribution is 2.13. The second-order valence-electron chi connectivity index (χ2n) is 4.35. The Morgan fingerprint density at radius 1 is 1.56 bits per heavy atom. The Kier molecular flexibility index (Phi) is 3.31. The fraction of sp³-hybridized carbons (Fsp3) is 0.500. The highest BCUT2D eigenvalue weighted by molar-refractivity contribution is 5.91.